The number of ether oxygens (including phenoxy) is 1. The van der Waals surface area contributed by atoms with E-state index in [0.29, 0.717) is 11.3 Å². The summed E-state index contributed by atoms with van der Waals surface area (Å²) in [5, 5.41) is 10.1. The SMILES string of the molecule is COc1cc2c(cc1O)N(P)[C@@H]1CC13Cc1ccccc1N3C2=O. The number of methoxy groups -OCH3 is 1. The lowest BCUT2D eigenvalue weighted by molar-refractivity contribution is 0.0978. The molecule has 122 valence electrons. The predicted octanol–water partition coefficient (Wildman–Crippen LogP) is 2.72. The summed E-state index contributed by atoms with van der Waals surface area (Å²) >= 11 is 0. The van der Waals surface area contributed by atoms with Crippen molar-refractivity contribution in [3.8, 4) is 11.5 Å². The lowest BCUT2D eigenvalue weighted by atomic mass is 10.1. The second-order valence-corrected chi connectivity index (χ2v) is 7.27. The normalized spacial score (nSPS) is 26.2. The number of rotatable bonds is 1. The van der Waals surface area contributed by atoms with Crippen LogP contribution in [0.2, 0.25) is 0 Å². The van der Waals surface area contributed by atoms with E-state index in [2.05, 4.69) is 20.1 Å². The van der Waals surface area contributed by atoms with E-state index in [1.54, 1.807) is 12.1 Å². The molecular weight excluding hydrogens is 323 g/mol. The van der Waals surface area contributed by atoms with Gasteiger partial charge in [-0.05, 0) is 33.5 Å². The summed E-state index contributed by atoms with van der Waals surface area (Å²) in [5.41, 5.74) is 3.34. The number of para-hydroxylation sites is 1. The minimum atomic E-state index is -0.176. The highest BCUT2D eigenvalue weighted by Gasteiger charge is 2.67. The third-order valence-corrected chi connectivity index (χ3v) is 6.16. The van der Waals surface area contributed by atoms with Crippen LogP contribution in [0.15, 0.2) is 36.4 Å². The summed E-state index contributed by atoms with van der Waals surface area (Å²) in [6, 6.07) is 11.6. The van der Waals surface area contributed by atoms with Gasteiger partial charge in [0.15, 0.2) is 11.5 Å². The average Bonchev–Trinajstić information content (AvgIpc) is 3.19. The van der Waals surface area contributed by atoms with Crippen LogP contribution in [-0.2, 0) is 6.42 Å². The van der Waals surface area contributed by atoms with Crippen molar-refractivity contribution in [3.63, 3.8) is 0 Å². The second kappa shape index (κ2) is 4.42. The Morgan fingerprint density at radius 1 is 1.29 bits per heavy atom. The van der Waals surface area contributed by atoms with Gasteiger partial charge in [0.25, 0.3) is 5.91 Å². The van der Waals surface area contributed by atoms with Crippen molar-refractivity contribution < 1.29 is 14.6 Å². The molecule has 2 aromatic rings. The third kappa shape index (κ3) is 1.56. The number of hydrogen-bond donors (Lipinski definition) is 1. The van der Waals surface area contributed by atoms with Crippen LogP contribution in [0.25, 0.3) is 0 Å². The molecule has 0 radical (unpaired) electrons. The summed E-state index contributed by atoms with van der Waals surface area (Å²) in [5.74, 6) is 0.340. The third-order valence-electron chi connectivity index (χ3n) is 5.53. The van der Waals surface area contributed by atoms with E-state index >= 15 is 0 Å². The largest absolute Gasteiger partial charge is 0.504 e. The van der Waals surface area contributed by atoms with Crippen LogP contribution in [0.1, 0.15) is 22.3 Å². The summed E-state index contributed by atoms with van der Waals surface area (Å²) in [6.07, 6.45) is 1.81. The van der Waals surface area contributed by atoms with Gasteiger partial charge in [-0.25, -0.2) is 0 Å². The molecule has 3 aliphatic rings. The Morgan fingerprint density at radius 3 is 2.88 bits per heavy atom. The topological polar surface area (TPSA) is 53.0 Å². The van der Waals surface area contributed by atoms with E-state index in [1.807, 2.05) is 23.1 Å². The molecule has 5 nitrogen and oxygen atoms in total. The number of benzene rings is 2. The van der Waals surface area contributed by atoms with E-state index in [9.17, 15) is 9.90 Å². The Kier molecular flexibility index (Phi) is 2.60. The molecular formula is C18H17N2O3P. The number of nitrogens with zero attached hydrogens (tertiary/aromatic N) is 2. The van der Waals surface area contributed by atoms with Gasteiger partial charge in [0.2, 0.25) is 0 Å². The molecule has 2 aliphatic heterocycles. The quantitative estimate of drug-likeness (QED) is 0.811. The smallest absolute Gasteiger partial charge is 0.261 e. The Hall–Kier alpha value is -2.26. The fourth-order valence-electron chi connectivity index (χ4n) is 4.30. The van der Waals surface area contributed by atoms with E-state index < -0.39 is 0 Å². The highest BCUT2D eigenvalue weighted by atomic mass is 31.0. The van der Waals surface area contributed by atoms with Crippen LogP contribution in [0, 0.1) is 0 Å². The Bertz CT molecular complexity index is 900. The summed E-state index contributed by atoms with van der Waals surface area (Å²) < 4.78 is 7.26. The molecule has 2 heterocycles. The lowest BCUT2D eigenvalue weighted by Crippen LogP contribution is -2.42. The molecule has 3 atom stereocenters. The first-order chi connectivity index (χ1) is 11.6. The number of fused-ring (bicyclic) bond motifs is 3. The van der Waals surface area contributed by atoms with Gasteiger partial charge in [-0.1, -0.05) is 18.2 Å². The maximum atomic E-state index is 13.4. The molecule has 6 heteroatoms. The van der Waals surface area contributed by atoms with Crippen molar-refractivity contribution in [3.05, 3.63) is 47.5 Å². The number of anilines is 2. The first-order valence-electron chi connectivity index (χ1n) is 7.94. The molecule has 1 N–H and O–H groups in total. The summed E-state index contributed by atoms with van der Waals surface area (Å²) in [6.45, 7) is 0. The van der Waals surface area contributed by atoms with Gasteiger partial charge >= 0.3 is 0 Å². The number of aromatic hydroxyl groups is 1. The van der Waals surface area contributed by atoms with Gasteiger partial charge < -0.3 is 14.5 Å². The van der Waals surface area contributed by atoms with Crippen LogP contribution in [0.3, 0.4) is 0 Å². The second-order valence-electron chi connectivity index (χ2n) is 6.72. The molecule has 0 aromatic heterocycles. The number of hydrogen-bond acceptors (Lipinski definition) is 4. The molecule has 1 saturated carbocycles. The maximum absolute atomic E-state index is 13.4. The molecule has 2 unspecified atom stereocenters. The van der Waals surface area contributed by atoms with Crippen LogP contribution in [0.5, 0.6) is 11.5 Å². The standard InChI is InChI=1S/C18H17N2O3P/c1-23-15-6-11-13(7-14(15)21)20(24)16-9-18(16)8-10-4-2-3-5-12(10)19(18)17(11)22/h2-7,16,21H,8-9,24H2,1H3/t16-,18?/m1/s1. The van der Waals surface area contributed by atoms with Crippen molar-refractivity contribution in [1.82, 2.24) is 0 Å². The highest BCUT2D eigenvalue weighted by Crippen LogP contribution is 2.60. The van der Waals surface area contributed by atoms with Crippen LogP contribution >= 0.6 is 9.39 Å². The summed E-state index contributed by atoms with van der Waals surface area (Å²) in [4.78, 5) is 15.4. The lowest BCUT2D eigenvalue weighted by Gasteiger charge is -2.25. The minimum Gasteiger partial charge on any atom is -0.504 e. The molecule has 1 amide bonds. The number of phenolic OH excluding ortho intramolecular Hbond substituents is 1. The molecule has 5 rings (SSSR count). The molecule has 24 heavy (non-hydrogen) atoms. The Labute approximate surface area is 142 Å². The highest BCUT2D eigenvalue weighted by molar-refractivity contribution is 7.19. The van der Waals surface area contributed by atoms with Gasteiger partial charge in [-0.15, -0.1) is 0 Å². The van der Waals surface area contributed by atoms with Crippen LogP contribution < -0.4 is 14.3 Å². The molecule has 1 aliphatic carbocycles. The molecule has 1 spiro atoms. The van der Waals surface area contributed by atoms with Crippen molar-refractivity contribution >= 4 is 26.7 Å². The van der Waals surface area contributed by atoms with Crippen molar-refractivity contribution in [2.75, 3.05) is 16.7 Å². The fraction of sp³-hybridized carbons (Fsp3) is 0.278. The summed E-state index contributed by atoms with van der Waals surface area (Å²) in [7, 11) is 4.22. The molecule has 2 aromatic carbocycles. The Balaban J connectivity index is 1.74. The average molecular weight is 340 g/mol. The molecule has 1 fully saturated rings. The zero-order chi connectivity index (χ0) is 16.6. The maximum Gasteiger partial charge on any atom is 0.261 e. The zero-order valence-electron chi connectivity index (χ0n) is 13.2. The first-order valence-corrected chi connectivity index (χ1v) is 8.46. The molecule has 0 bridgehead atoms. The van der Waals surface area contributed by atoms with E-state index in [0.717, 1.165) is 24.2 Å². The van der Waals surface area contributed by atoms with Gasteiger partial charge in [0.05, 0.1) is 29.9 Å². The minimum absolute atomic E-state index is 0.0271. The number of carbonyl (C=O) groups is 1. The van der Waals surface area contributed by atoms with Gasteiger partial charge in [-0.3, -0.25) is 9.69 Å². The van der Waals surface area contributed by atoms with Gasteiger partial charge in [-0.2, -0.15) is 0 Å². The van der Waals surface area contributed by atoms with Crippen molar-refractivity contribution in [1.29, 1.82) is 0 Å². The number of carbonyl (C=O) groups excluding carboxylic acids is 1. The van der Waals surface area contributed by atoms with Crippen molar-refractivity contribution in [2.45, 2.75) is 24.4 Å². The van der Waals surface area contributed by atoms with Crippen LogP contribution in [0.4, 0.5) is 11.4 Å². The fourth-order valence-corrected chi connectivity index (χ4v) is 4.89. The van der Waals surface area contributed by atoms with Gasteiger partial charge in [0, 0.05) is 18.2 Å². The number of amides is 1. The zero-order valence-corrected chi connectivity index (χ0v) is 14.3. The predicted molar refractivity (Wildman–Crippen MR) is 94.9 cm³/mol. The molecule has 0 saturated heterocycles. The van der Waals surface area contributed by atoms with Crippen LogP contribution in [-0.4, -0.2) is 29.7 Å². The van der Waals surface area contributed by atoms with E-state index in [-0.39, 0.29) is 23.2 Å². The van der Waals surface area contributed by atoms with Crippen molar-refractivity contribution in [2.24, 2.45) is 0 Å². The number of phenols is 1. The van der Waals surface area contributed by atoms with Gasteiger partial charge in [0.1, 0.15) is 0 Å². The first kappa shape index (κ1) is 14.1. The van der Waals surface area contributed by atoms with E-state index in [1.165, 1.54) is 12.7 Å². The monoisotopic (exact) mass is 340 g/mol. The Morgan fingerprint density at radius 2 is 2.08 bits per heavy atom. The van der Waals surface area contributed by atoms with E-state index in [4.69, 9.17) is 4.74 Å².